The zero-order valence-corrected chi connectivity index (χ0v) is 16.6. The van der Waals surface area contributed by atoms with Crippen molar-refractivity contribution >= 4 is 5.91 Å². The van der Waals surface area contributed by atoms with Crippen LogP contribution in [-0.4, -0.2) is 56.2 Å². The van der Waals surface area contributed by atoms with E-state index in [0.717, 1.165) is 57.7 Å². The van der Waals surface area contributed by atoms with Gasteiger partial charge in [0.2, 0.25) is 5.91 Å². The van der Waals surface area contributed by atoms with Crippen molar-refractivity contribution in [3.8, 4) is 0 Å². The van der Waals surface area contributed by atoms with Crippen LogP contribution in [0, 0.1) is 6.92 Å². The number of carbonyl (C=O) groups excluding carboxylic acids is 1. The number of rotatable bonds is 4. The highest BCUT2D eigenvalue weighted by molar-refractivity contribution is 5.76. The lowest BCUT2D eigenvalue weighted by Gasteiger charge is -2.35. The first-order valence-corrected chi connectivity index (χ1v) is 10.3. The van der Waals surface area contributed by atoms with Gasteiger partial charge in [-0.25, -0.2) is 9.48 Å². The Morgan fingerprint density at radius 2 is 1.82 bits per heavy atom. The molecule has 0 bridgehead atoms. The van der Waals surface area contributed by atoms with Crippen LogP contribution in [0.1, 0.15) is 36.2 Å². The number of carbonyl (C=O) groups is 1. The molecule has 1 fully saturated rings. The SMILES string of the molecule is Cc1ccccc1CN1CCN(C(=O)Cn2nc3n(c2=O)CCCCC3)CC1. The Morgan fingerprint density at radius 1 is 1.04 bits per heavy atom. The molecule has 0 aliphatic carbocycles. The summed E-state index contributed by atoms with van der Waals surface area (Å²) in [6.07, 6.45) is 4.03. The molecule has 4 rings (SSSR count). The first kappa shape index (κ1) is 18.9. The molecule has 0 unspecified atom stereocenters. The molecule has 7 nitrogen and oxygen atoms in total. The fourth-order valence-electron chi connectivity index (χ4n) is 4.14. The van der Waals surface area contributed by atoms with Crippen molar-refractivity contribution in [2.75, 3.05) is 26.2 Å². The van der Waals surface area contributed by atoms with Crippen molar-refractivity contribution in [1.29, 1.82) is 0 Å². The molecule has 1 saturated heterocycles. The minimum Gasteiger partial charge on any atom is -0.339 e. The van der Waals surface area contributed by atoms with Crippen LogP contribution in [0.5, 0.6) is 0 Å². The molecule has 0 atom stereocenters. The molecule has 1 aromatic carbocycles. The molecule has 1 amide bonds. The summed E-state index contributed by atoms with van der Waals surface area (Å²) < 4.78 is 3.11. The summed E-state index contributed by atoms with van der Waals surface area (Å²) >= 11 is 0. The maximum absolute atomic E-state index is 12.7. The van der Waals surface area contributed by atoms with Crippen LogP contribution in [0.25, 0.3) is 0 Å². The number of nitrogens with zero attached hydrogens (tertiary/aromatic N) is 5. The molecule has 2 aromatic rings. The van der Waals surface area contributed by atoms with E-state index in [1.807, 2.05) is 4.90 Å². The Kier molecular flexibility index (Phi) is 5.62. The number of amides is 1. The predicted molar refractivity (Wildman–Crippen MR) is 107 cm³/mol. The normalized spacial score (nSPS) is 18.0. The Balaban J connectivity index is 1.33. The van der Waals surface area contributed by atoms with Crippen LogP contribution in [0.15, 0.2) is 29.1 Å². The van der Waals surface area contributed by atoms with Crippen molar-refractivity contribution < 1.29 is 4.79 Å². The van der Waals surface area contributed by atoms with E-state index in [1.54, 1.807) is 4.57 Å². The van der Waals surface area contributed by atoms with E-state index in [4.69, 9.17) is 0 Å². The minimum atomic E-state index is -0.136. The van der Waals surface area contributed by atoms with Gasteiger partial charge >= 0.3 is 5.69 Å². The Bertz CT molecular complexity index is 892. The quantitative estimate of drug-likeness (QED) is 0.801. The molecule has 3 heterocycles. The van der Waals surface area contributed by atoms with Gasteiger partial charge in [0, 0.05) is 45.7 Å². The monoisotopic (exact) mass is 383 g/mol. The second kappa shape index (κ2) is 8.31. The van der Waals surface area contributed by atoms with Gasteiger partial charge in [-0.2, -0.15) is 5.10 Å². The standard InChI is InChI=1S/C21H29N5O2/c1-17-7-4-5-8-18(17)15-23-11-13-24(14-12-23)20(27)16-26-21(28)25-10-6-2-3-9-19(25)22-26/h4-5,7-8H,2-3,6,9-16H2,1H3. The molecule has 28 heavy (non-hydrogen) atoms. The molecule has 0 saturated carbocycles. The van der Waals surface area contributed by atoms with E-state index in [0.29, 0.717) is 13.1 Å². The number of aryl methyl sites for hydroxylation is 2. The molecule has 0 radical (unpaired) electrons. The largest absolute Gasteiger partial charge is 0.346 e. The minimum absolute atomic E-state index is 0.00842. The number of benzene rings is 1. The lowest BCUT2D eigenvalue weighted by atomic mass is 10.1. The van der Waals surface area contributed by atoms with E-state index in [2.05, 4.69) is 41.2 Å². The van der Waals surface area contributed by atoms with Crippen molar-refractivity contribution in [2.45, 2.75) is 52.2 Å². The van der Waals surface area contributed by atoms with Crippen LogP contribution in [0.2, 0.25) is 0 Å². The van der Waals surface area contributed by atoms with E-state index < -0.39 is 0 Å². The third-order valence-corrected chi connectivity index (χ3v) is 5.95. The van der Waals surface area contributed by atoms with Crippen LogP contribution in [-0.2, 0) is 30.8 Å². The van der Waals surface area contributed by atoms with Crippen LogP contribution >= 0.6 is 0 Å². The first-order valence-electron chi connectivity index (χ1n) is 10.3. The number of hydrogen-bond donors (Lipinski definition) is 0. The van der Waals surface area contributed by atoms with Gasteiger partial charge in [-0.1, -0.05) is 30.7 Å². The molecule has 0 spiro atoms. The number of piperazine rings is 1. The summed E-state index contributed by atoms with van der Waals surface area (Å²) in [5.41, 5.74) is 2.51. The fraction of sp³-hybridized carbons (Fsp3) is 0.571. The second-order valence-electron chi connectivity index (χ2n) is 7.90. The smallest absolute Gasteiger partial charge is 0.339 e. The summed E-state index contributed by atoms with van der Waals surface area (Å²) in [7, 11) is 0. The summed E-state index contributed by atoms with van der Waals surface area (Å²) in [5.74, 6) is 0.823. The van der Waals surface area contributed by atoms with Gasteiger partial charge in [-0.3, -0.25) is 14.3 Å². The summed E-state index contributed by atoms with van der Waals surface area (Å²) in [6, 6.07) is 8.44. The van der Waals surface area contributed by atoms with E-state index in [-0.39, 0.29) is 18.1 Å². The molecule has 1 aromatic heterocycles. The second-order valence-corrected chi connectivity index (χ2v) is 7.90. The van der Waals surface area contributed by atoms with Crippen molar-refractivity contribution in [1.82, 2.24) is 24.1 Å². The topological polar surface area (TPSA) is 63.4 Å². The van der Waals surface area contributed by atoms with Crippen molar-refractivity contribution in [3.05, 3.63) is 51.7 Å². The predicted octanol–water partition coefficient (Wildman–Crippen LogP) is 1.42. The summed E-state index contributed by atoms with van der Waals surface area (Å²) in [4.78, 5) is 29.5. The Labute approximate surface area is 165 Å². The lowest BCUT2D eigenvalue weighted by Crippen LogP contribution is -2.49. The molecule has 2 aliphatic heterocycles. The van der Waals surface area contributed by atoms with E-state index >= 15 is 0 Å². The highest BCUT2D eigenvalue weighted by Crippen LogP contribution is 2.13. The van der Waals surface area contributed by atoms with Gasteiger partial charge in [0.25, 0.3) is 0 Å². The van der Waals surface area contributed by atoms with Crippen LogP contribution in [0.4, 0.5) is 0 Å². The number of aromatic nitrogens is 3. The van der Waals surface area contributed by atoms with Crippen molar-refractivity contribution in [3.63, 3.8) is 0 Å². The molecule has 0 N–H and O–H groups in total. The number of fused-ring (bicyclic) bond motifs is 1. The highest BCUT2D eigenvalue weighted by Gasteiger charge is 2.24. The zero-order valence-electron chi connectivity index (χ0n) is 16.6. The lowest BCUT2D eigenvalue weighted by molar-refractivity contribution is -0.133. The molecule has 150 valence electrons. The van der Waals surface area contributed by atoms with Gasteiger partial charge in [0.1, 0.15) is 12.4 Å². The van der Waals surface area contributed by atoms with E-state index in [9.17, 15) is 9.59 Å². The van der Waals surface area contributed by atoms with Gasteiger partial charge in [-0.05, 0) is 30.9 Å². The maximum Gasteiger partial charge on any atom is 0.346 e. The molecule has 2 aliphatic rings. The van der Waals surface area contributed by atoms with Crippen LogP contribution < -0.4 is 5.69 Å². The average molecular weight is 383 g/mol. The first-order chi connectivity index (χ1) is 13.6. The highest BCUT2D eigenvalue weighted by atomic mass is 16.2. The fourth-order valence-corrected chi connectivity index (χ4v) is 4.14. The average Bonchev–Trinajstić information content (AvgIpc) is 2.86. The van der Waals surface area contributed by atoms with Crippen molar-refractivity contribution in [2.24, 2.45) is 0 Å². The third kappa shape index (κ3) is 4.04. The molecular formula is C21H29N5O2. The Morgan fingerprint density at radius 3 is 2.61 bits per heavy atom. The third-order valence-electron chi connectivity index (χ3n) is 5.95. The zero-order chi connectivity index (χ0) is 19.5. The van der Waals surface area contributed by atoms with Gasteiger partial charge < -0.3 is 4.90 Å². The summed E-state index contributed by atoms with van der Waals surface area (Å²) in [6.45, 7) is 6.95. The van der Waals surface area contributed by atoms with E-state index in [1.165, 1.54) is 15.8 Å². The molecular weight excluding hydrogens is 354 g/mol. The van der Waals surface area contributed by atoms with Gasteiger partial charge in [0.05, 0.1) is 0 Å². The summed E-state index contributed by atoms with van der Waals surface area (Å²) in [5, 5.41) is 4.43. The van der Waals surface area contributed by atoms with Crippen LogP contribution in [0.3, 0.4) is 0 Å². The maximum atomic E-state index is 12.7. The van der Waals surface area contributed by atoms with Gasteiger partial charge in [0.15, 0.2) is 0 Å². The number of hydrogen-bond acceptors (Lipinski definition) is 4. The Hall–Kier alpha value is -2.41. The van der Waals surface area contributed by atoms with Gasteiger partial charge in [-0.15, -0.1) is 0 Å². The molecule has 7 heteroatoms.